The van der Waals surface area contributed by atoms with Crippen LogP contribution in [0.2, 0.25) is 0 Å². The van der Waals surface area contributed by atoms with E-state index in [9.17, 15) is 34.5 Å². The summed E-state index contributed by atoms with van der Waals surface area (Å²) in [7, 11) is 0. The first-order valence-electron chi connectivity index (χ1n) is 31.3. The molecule has 1 aliphatic rings. The molecule has 0 bridgehead atoms. The summed E-state index contributed by atoms with van der Waals surface area (Å²) >= 11 is 0. The monoisotopic (exact) mass is 1080 g/mol. The minimum atomic E-state index is -1.91. The summed E-state index contributed by atoms with van der Waals surface area (Å²) in [5.74, 6) is -3.14. The third kappa shape index (κ3) is 43.0. The molecule has 1 saturated heterocycles. The molecule has 0 saturated carbocycles. The molecular weight excluding hydrogens is 973 g/mol. The van der Waals surface area contributed by atoms with Crippen LogP contribution in [-0.4, -0.2) is 89.2 Å². The number of hydrogen-bond donors (Lipinski definition) is 3. The van der Waals surface area contributed by atoms with Gasteiger partial charge in [0.1, 0.15) is 18.8 Å². The second-order valence-electron chi connectivity index (χ2n) is 21.3. The van der Waals surface area contributed by atoms with Crippen LogP contribution in [0.15, 0.2) is 60.8 Å². The van der Waals surface area contributed by atoms with Gasteiger partial charge in [-0.25, -0.2) is 4.79 Å². The SMILES string of the molecule is CC/C=C\C/C=C\C/C=C\C/C=C\CCCCCCC(=O)OC(COC(=O)CCCCCCCCCCC/C=C\CCCCCCCC)COC1OC(C(=O)O)C(O)C(O)C1OC(=O)CCCCCCCCCCCCC. The molecule has 77 heavy (non-hydrogen) atoms. The summed E-state index contributed by atoms with van der Waals surface area (Å²) in [4.78, 5) is 51.2. The molecular formula is C65H112O12. The third-order valence-electron chi connectivity index (χ3n) is 14.1. The molecule has 1 aliphatic heterocycles. The fourth-order valence-corrected chi connectivity index (χ4v) is 9.30. The van der Waals surface area contributed by atoms with Gasteiger partial charge in [-0.05, 0) is 83.5 Å². The molecule has 0 amide bonds. The zero-order chi connectivity index (χ0) is 56.1. The van der Waals surface area contributed by atoms with Crippen molar-refractivity contribution in [3.63, 3.8) is 0 Å². The van der Waals surface area contributed by atoms with E-state index in [4.69, 9.17) is 23.7 Å². The standard InChI is InChI=1S/C65H112O12/c1-4-7-10-13-16-19-22-24-26-28-29-31-32-34-37-39-42-45-48-51-57(66)73-54-56(75-58(67)52-49-46-43-41-38-35-33-30-27-25-23-20-17-14-11-8-5-2)55-74-65-63(61(70)60(69)62(77-65)64(71)72)76-59(68)53-50-47-44-40-36-21-18-15-12-9-6-3/h8,11,17,20,24-27,33,35,56,60-63,65,69-70H,4-7,9-10,12-16,18-19,21-23,28-32,34,36-55H2,1-3H3,(H,71,72)/b11-8-,20-17-,26-24-,27-25-,35-33-. The highest BCUT2D eigenvalue weighted by atomic mass is 16.7. The predicted octanol–water partition coefficient (Wildman–Crippen LogP) is 16.3. The van der Waals surface area contributed by atoms with Gasteiger partial charge < -0.3 is 39.0 Å². The molecule has 3 N–H and O–H groups in total. The molecule has 0 aromatic carbocycles. The Morgan fingerprint density at radius 3 is 1.26 bits per heavy atom. The number of aliphatic hydroxyl groups excluding tert-OH is 2. The number of ether oxygens (including phenoxy) is 5. The zero-order valence-electron chi connectivity index (χ0n) is 49.0. The van der Waals surface area contributed by atoms with Crippen molar-refractivity contribution >= 4 is 23.9 Å². The van der Waals surface area contributed by atoms with Crippen molar-refractivity contribution in [2.75, 3.05) is 13.2 Å². The van der Waals surface area contributed by atoms with Crippen molar-refractivity contribution < 1.29 is 58.2 Å². The molecule has 1 heterocycles. The first-order valence-corrected chi connectivity index (χ1v) is 31.3. The molecule has 0 spiro atoms. The number of carbonyl (C=O) groups excluding carboxylic acids is 3. The van der Waals surface area contributed by atoms with E-state index >= 15 is 0 Å². The van der Waals surface area contributed by atoms with Crippen LogP contribution in [0.4, 0.5) is 0 Å². The summed E-state index contributed by atoms with van der Waals surface area (Å²) in [6.45, 7) is 5.86. The fraction of sp³-hybridized carbons (Fsp3) is 0.785. The number of carboxylic acids is 1. The Morgan fingerprint density at radius 2 is 0.818 bits per heavy atom. The van der Waals surface area contributed by atoms with Gasteiger partial charge >= 0.3 is 23.9 Å². The lowest BCUT2D eigenvalue weighted by Crippen LogP contribution is -2.61. The first-order chi connectivity index (χ1) is 37.6. The van der Waals surface area contributed by atoms with E-state index in [1.807, 2.05) is 0 Å². The molecule has 444 valence electrons. The number of unbranched alkanes of at least 4 members (excludes halogenated alkanes) is 29. The number of carbonyl (C=O) groups is 4. The maximum atomic E-state index is 13.2. The van der Waals surface area contributed by atoms with Crippen LogP contribution >= 0.6 is 0 Å². The zero-order valence-corrected chi connectivity index (χ0v) is 49.0. The topological polar surface area (TPSA) is 175 Å². The number of carboxylic acid groups (broad SMARTS) is 1. The number of aliphatic carboxylic acids is 1. The maximum Gasteiger partial charge on any atom is 0.335 e. The average molecular weight is 1090 g/mol. The molecule has 12 nitrogen and oxygen atoms in total. The number of allylic oxidation sites excluding steroid dienone is 10. The van der Waals surface area contributed by atoms with Crippen LogP contribution in [-0.2, 0) is 42.9 Å². The van der Waals surface area contributed by atoms with Crippen molar-refractivity contribution in [3.8, 4) is 0 Å². The second-order valence-corrected chi connectivity index (χ2v) is 21.3. The van der Waals surface area contributed by atoms with Crippen LogP contribution in [0.5, 0.6) is 0 Å². The Balaban J connectivity index is 2.67. The largest absolute Gasteiger partial charge is 0.479 e. The van der Waals surface area contributed by atoms with Gasteiger partial charge in [-0.1, -0.05) is 236 Å². The van der Waals surface area contributed by atoms with Gasteiger partial charge in [-0.15, -0.1) is 0 Å². The van der Waals surface area contributed by atoms with Crippen molar-refractivity contribution in [3.05, 3.63) is 60.8 Å². The minimum absolute atomic E-state index is 0.0592. The van der Waals surface area contributed by atoms with Gasteiger partial charge in [-0.2, -0.15) is 0 Å². The maximum absolute atomic E-state index is 13.2. The van der Waals surface area contributed by atoms with Crippen molar-refractivity contribution in [2.24, 2.45) is 0 Å². The average Bonchev–Trinajstić information content (AvgIpc) is 3.42. The minimum Gasteiger partial charge on any atom is -0.479 e. The molecule has 1 fully saturated rings. The van der Waals surface area contributed by atoms with Crippen molar-refractivity contribution in [1.82, 2.24) is 0 Å². The van der Waals surface area contributed by atoms with Gasteiger partial charge in [0, 0.05) is 19.3 Å². The van der Waals surface area contributed by atoms with Gasteiger partial charge in [0.25, 0.3) is 0 Å². The number of hydrogen-bond acceptors (Lipinski definition) is 11. The summed E-state index contributed by atoms with van der Waals surface area (Å²) in [6, 6.07) is 0. The second kappa shape index (κ2) is 53.1. The highest BCUT2D eigenvalue weighted by molar-refractivity contribution is 5.74. The van der Waals surface area contributed by atoms with E-state index in [1.165, 1.54) is 122 Å². The molecule has 6 unspecified atom stereocenters. The smallest absolute Gasteiger partial charge is 0.335 e. The molecule has 12 heteroatoms. The van der Waals surface area contributed by atoms with Crippen LogP contribution in [0.25, 0.3) is 0 Å². The lowest BCUT2D eigenvalue weighted by molar-refractivity contribution is -0.301. The lowest BCUT2D eigenvalue weighted by atomic mass is 9.98. The lowest BCUT2D eigenvalue weighted by Gasteiger charge is -2.40. The molecule has 0 aromatic rings. The number of esters is 3. The fourth-order valence-electron chi connectivity index (χ4n) is 9.30. The van der Waals surface area contributed by atoms with E-state index in [0.717, 1.165) is 96.3 Å². The molecule has 0 aliphatic carbocycles. The Kier molecular flexibility index (Phi) is 49.2. The van der Waals surface area contributed by atoms with Crippen LogP contribution in [0.1, 0.15) is 278 Å². The third-order valence-corrected chi connectivity index (χ3v) is 14.1. The summed E-state index contributed by atoms with van der Waals surface area (Å²) in [5, 5.41) is 31.5. The summed E-state index contributed by atoms with van der Waals surface area (Å²) in [6.07, 6.45) is 53.3. The van der Waals surface area contributed by atoms with E-state index < -0.39 is 67.3 Å². The van der Waals surface area contributed by atoms with Crippen LogP contribution < -0.4 is 0 Å². The van der Waals surface area contributed by atoms with E-state index in [0.29, 0.717) is 19.3 Å². The Bertz CT molecular complexity index is 1570. The van der Waals surface area contributed by atoms with Crippen LogP contribution in [0, 0.1) is 0 Å². The Morgan fingerprint density at radius 1 is 0.442 bits per heavy atom. The molecule has 6 atom stereocenters. The van der Waals surface area contributed by atoms with Gasteiger partial charge in [-0.3, -0.25) is 14.4 Å². The molecule has 1 rings (SSSR count). The molecule has 0 radical (unpaired) electrons. The summed E-state index contributed by atoms with van der Waals surface area (Å²) in [5.41, 5.74) is 0. The van der Waals surface area contributed by atoms with Gasteiger partial charge in [0.15, 0.2) is 24.6 Å². The Labute approximate surface area is 468 Å². The highest BCUT2D eigenvalue weighted by Gasteiger charge is 2.50. The summed E-state index contributed by atoms with van der Waals surface area (Å²) < 4.78 is 28.4. The molecule has 0 aromatic heterocycles. The van der Waals surface area contributed by atoms with Crippen molar-refractivity contribution in [1.29, 1.82) is 0 Å². The predicted molar refractivity (Wildman–Crippen MR) is 312 cm³/mol. The van der Waals surface area contributed by atoms with E-state index in [1.54, 1.807) is 0 Å². The van der Waals surface area contributed by atoms with E-state index in [-0.39, 0.29) is 25.9 Å². The van der Waals surface area contributed by atoms with E-state index in [2.05, 4.69) is 81.5 Å². The van der Waals surface area contributed by atoms with Crippen LogP contribution in [0.3, 0.4) is 0 Å². The highest BCUT2D eigenvalue weighted by Crippen LogP contribution is 2.27. The van der Waals surface area contributed by atoms with Gasteiger partial charge in [0.05, 0.1) is 6.61 Å². The number of aliphatic hydroxyl groups is 2. The van der Waals surface area contributed by atoms with Gasteiger partial charge in [0.2, 0.25) is 0 Å². The Hall–Kier alpha value is -3.58. The first kappa shape index (κ1) is 71.4. The normalized spacial score (nSPS) is 18.4. The number of rotatable bonds is 53. The quantitative estimate of drug-likeness (QED) is 0.0228. The van der Waals surface area contributed by atoms with Crippen molar-refractivity contribution in [2.45, 2.75) is 314 Å².